The molecule has 2 rings (SSSR count). The lowest BCUT2D eigenvalue weighted by atomic mass is 10.2. The van der Waals surface area contributed by atoms with Gasteiger partial charge in [-0.2, -0.15) is 5.10 Å². The average Bonchev–Trinajstić information content (AvgIpc) is 2.86. The van der Waals surface area contributed by atoms with Gasteiger partial charge in [0.1, 0.15) is 12.1 Å². The quantitative estimate of drug-likeness (QED) is 0.785. The second-order valence-electron chi connectivity index (χ2n) is 4.14. The van der Waals surface area contributed by atoms with E-state index in [0.29, 0.717) is 6.61 Å². The van der Waals surface area contributed by atoms with E-state index in [1.54, 1.807) is 11.0 Å². The van der Waals surface area contributed by atoms with Crippen LogP contribution in [0.15, 0.2) is 30.6 Å². The number of unbranched alkanes of at least 4 members (excludes halogenated alkanes) is 1. The third kappa shape index (κ3) is 3.09. The van der Waals surface area contributed by atoms with Gasteiger partial charge in [0.25, 0.3) is 0 Å². The number of hydrogen-bond donors (Lipinski definition) is 0. The Balaban J connectivity index is 2.08. The molecule has 0 aliphatic rings. The molecule has 18 heavy (non-hydrogen) atoms. The minimum absolute atomic E-state index is 0.684. The summed E-state index contributed by atoms with van der Waals surface area (Å²) in [5.41, 5.74) is 1.01. The summed E-state index contributed by atoms with van der Waals surface area (Å²) in [6, 6.07) is 7.88. The van der Waals surface area contributed by atoms with E-state index >= 15 is 0 Å². The first kappa shape index (κ1) is 12.6. The summed E-state index contributed by atoms with van der Waals surface area (Å²) < 4.78 is 7.22. The van der Waals surface area contributed by atoms with E-state index in [2.05, 4.69) is 17.0 Å². The third-order valence-electron chi connectivity index (χ3n) is 2.71. The summed E-state index contributed by atoms with van der Waals surface area (Å²) in [6.07, 6.45) is 5.01. The number of aromatic nitrogens is 3. The van der Waals surface area contributed by atoms with Crippen molar-refractivity contribution in [3.63, 3.8) is 0 Å². The maximum atomic E-state index is 5.41. The van der Waals surface area contributed by atoms with Gasteiger partial charge in [-0.25, -0.2) is 9.67 Å². The van der Waals surface area contributed by atoms with Crippen LogP contribution in [0, 0.1) is 0 Å². The zero-order valence-corrected chi connectivity index (χ0v) is 11.0. The van der Waals surface area contributed by atoms with Gasteiger partial charge in [0, 0.05) is 6.42 Å². The zero-order chi connectivity index (χ0) is 12.8. The number of rotatable bonds is 6. The van der Waals surface area contributed by atoms with Crippen LogP contribution in [0.4, 0.5) is 0 Å². The molecule has 0 bridgehead atoms. The summed E-state index contributed by atoms with van der Waals surface area (Å²) in [4.78, 5) is 4.31. The molecule has 0 spiro atoms. The Morgan fingerprint density at radius 2 is 1.94 bits per heavy atom. The molecule has 0 amide bonds. The fraction of sp³-hybridized carbons (Fsp3) is 0.429. The van der Waals surface area contributed by atoms with Gasteiger partial charge >= 0.3 is 0 Å². The zero-order valence-electron chi connectivity index (χ0n) is 11.0. The van der Waals surface area contributed by atoms with Crippen molar-refractivity contribution in [1.82, 2.24) is 14.8 Å². The van der Waals surface area contributed by atoms with E-state index in [0.717, 1.165) is 36.5 Å². The van der Waals surface area contributed by atoms with E-state index in [9.17, 15) is 0 Å². The highest BCUT2D eigenvalue weighted by Crippen LogP contribution is 2.14. The average molecular weight is 245 g/mol. The number of aryl methyl sites for hydroxylation is 1. The molecule has 0 aliphatic carbocycles. The van der Waals surface area contributed by atoms with Crippen molar-refractivity contribution in [1.29, 1.82) is 0 Å². The Bertz CT molecular complexity index is 476. The second-order valence-corrected chi connectivity index (χ2v) is 4.14. The van der Waals surface area contributed by atoms with Crippen LogP contribution in [0.25, 0.3) is 5.69 Å². The lowest BCUT2D eigenvalue weighted by Crippen LogP contribution is -1.97. The maximum absolute atomic E-state index is 5.41. The van der Waals surface area contributed by atoms with Crippen LogP contribution in [-0.2, 0) is 6.42 Å². The molecule has 0 saturated heterocycles. The van der Waals surface area contributed by atoms with E-state index < -0.39 is 0 Å². The van der Waals surface area contributed by atoms with E-state index in [1.807, 2.05) is 31.2 Å². The highest BCUT2D eigenvalue weighted by Gasteiger charge is 2.02. The van der Waals surface area contributed by atoms with Gasteiger partial charge in [0.15, 0.2) is 5.82 Å². The lowest BCUT2D eigenvalue weighted by Gasteiger charge is -2.04. The van der Waals surface area contributed by atoms with E-state index in [1.165, 1.54) is 0 Å². The molecule has 0 N–H and O–H groups in total. The molecule has 0 atom stereocenters. The molecule has 2 aromatic rings. The van der Waals surface area contributed by atoms with E-state index in [-0.39, 0.29) is 0 Å². The monoisotopic (exact) mass is 245 g/mol. The van der Waals surface area contributed by atoms with Gasteiger partial charge in [-0.15, -0.1) is 0 Å². The van der Waals surface area contributed by atoms with Gasteiger partial charge in [-0.1, -0.05) is 13.3 Å². The second kappa shape index (κ2) is 6.19. The fourth-order valence-electron chi connectivity index (χ4n) is 1.73. The molecule has 96 valence electrons. The van der Waals surface area contributed by atoms with Crippen molar-refractivity contribution in [3.8, 4) is 11.4 Å². The van der Waals surface area contributed by atoms with Crippen molar-refractivity contribution in [2.24, 2.45) is 0 Å². The Hall–Kier alpha value is -1.84. The molecule has 1 heterocycles. The van der Waals surface area contributed by atoms with E-state index in [4.69, 9.17) is 4.74 Å². The molecule has 1 aromatic carbocycles. The largest absolute Gasteiger partial charge is 0.494 e. The van der Waals surface area contributed by atoms with Crippen LogP contribution in [0.2, 0.25) is 0 Å². The highest BCUT2D eigenvalue weighted by molar-refractivity contribution is 5.36. The minimum atomic E-state index is 0.684. The first-order valence-electron chi connectivity index (χ1n) is 6.47. The van der Waals surface area contributed by atoms with Crippen LogP contribution < -0.4 is 4.74 Å². The van der Waals surface area contributed by atoms with Crippen molar-refractivity contribution < 1.29 is 4.74 Å². The summed E-state index contributed by atoms with van der Waals surface area (Å²) in [6.45, 7) is 4.83. The van der Waals surface area contributed by atoms with Crippen molar-refractivity contribution >= 4 is 0 Å². The minimum Gasteiger partial charge on any atom is -0.494 e. The highest BCUT2D eigenvalue weighted by atomic mass is 16.5. The molecule has 0 unspecified atom stereocenters. The first-order valence-corrected chi connectivity index (χ1v) is 6.47. The Kier molecular flexibility index (Phi) is 4.34. The van der Waals surface area contributed by atoms with Gasteiger partial charge in [0.05, 0.1) is 12.3 Å². The predicted molar refractivity (Wildman–Crippen MR) is 71.1 cm³/mol. The molecule has 0 aliphatic heterocycles. The van der Waals surface area contributed by atoms with Gasteiger partial charge in [0.2, 0.25) is 0 Å². The molecule has 0 radical (unpaired) electrons. The number of benzene rings is 1. The van der Waals surface area contributed by atoms with Gasteiger partial charge < -0.3 is 4.74 Å². The smallest absolute Gasteiger partial charge is 0.151 e. The lowest BCUT2D eigenvalue weighted by molar-refractivity contribution is 0.340. The Morgan fingerprint density at radius 3 is 2.61 bits per heavy atom. The van der Waals surface area contributed by atoms with Crippen molar-refractivity contribution in [2.75, 3.05) is 6.61 Å². The summed E-state index contributed by atoms with van der Waals surface area (Å²) in [5.74, 6) is 1.79. The molecule has 0 fully saturated rings. The molecule has 1 aromatic heterocycles. The van der Waals surface area contributed by atoms with Crippen molar-refractivity contribution in [3.05, 3.63) is 36.4 Å². The molecular weight excluding hydrogens is 226 g/mol. The maximum Gasteiger partial charge on any atom is 0.151 e. The number of ether oxygens (including phenoxy) is 1. The van der Waals surface area contributed by atoms with Crippen LogP contribution in [-0.4, -0.2) is 21.4 Å². The van der Waals surface area contributed by atoms with Crippen LogP contribution in [0.3, 0.4) is 0 Å². The Labute approximate surface area is 108 Å². The number of hydrogen-bond acceptors (Lipinski definition) is 3. The van der Waals surface area contributed by atoms with Crippen molar-refractivity contribution in [2.45, 2.75) is 33.1 Å². The molecule has 4 nitrogen and oxygen atoms in total. The Morgan fingerprint density at radius 1 is 1.17 bits per heavy atom. The van der Waals surface area contributed by atoms with Crippen LogP contribution >= 0.6 is 0 Å². The standard InChI is InChI=1S/C14H19N3O/c1-3-5-6-14-15-11-17(16-14)12-7-9-13(10-8-12)18-4-2/h7-11H,3-6H2,1-2H3. The van der Waals surface area contributed by atoms with Gasteiger partial charge in [-0.05, 0) is 37.6 Å². The topological polar surface area (TPSA) is 39.9 Å². The number of nitrogens with zero attached hydrogens (tertiary/aromatic N) is 3. The van der Waals surface area contributed by atoms with Crippen LogP contribution in [0.1, 0.15) is 32.5 Å². The predicted octanol–water partition coefficient (Wildman–Crippen LogP) is 3.01. The summed E-state index contributed by atoms with van der Waals surface area (Å²) in [5, 5.41) is 4.46. The summed E-state index contributed by atoms with van der Waals surface area (Å²) in [7, 11) is 0. The molecule has 4 heteroatoms. The fourth-order valence-corrected chi connectivity index (χ4v) is 1.73. The normalized spacial score (nSPS) is 10.6. The summed E-state index contributed by atoms with van der Waals surface area (Å²) >= 11 is 0. The molecular formula is C14H19N3O. The van der Waals surface area contributed by atoms with Crippen LogP contribution in [0.5, 0.6) is 5.75 Å². The first-order chi connectivity index (χ1) is 8.83. The molecule has 0 saturated carbocycles. The SMILES string of the molecule is CCCCc1ncn(-c2ccc(OCC)cc2)n1. The van der Waals surface area contributed by atoms with Gasteiger partial charge in [-0.3, -0.25) is 0 Å². The third-order valence-corrected chi connectivity index (χ3v) is 2.71.